The first-order valence-corrected chi connectivity index (χ1v) is 8.10. The molecule has 0 aliphatic carbocycles. The van der Waals surface area contributed by atoms with Crippen molar-refractivity contribution in [1.29, 1.82) is 0 Å². The van der Waals surface area contributed by atoms with Gasteiger partial charge in [0, 0.05) is 30.0 Å². The number of benzene rings is 1. The number of hydrogen-bond acceptors (Lipinski definition) is 2. The summed E-state index contributed by atoms with van der Waals surface area (Å²) in [7, 11) is 1.95. The number of carbonyl (C=O) groups excluding carboxylic acids is 1. The zero-order valence-corrected chi connectivity index (χ0v) is 13.9. The average molecular weight is 339 g/mol. The smallest absolute Gasteiger partial charge is 0.223 e. The average Bonchev–Trinajstić information content (AvgIpc) is 2.88. The van der Waals surface area contributed by atoms with E-state index in [0.717, 1.165) is 36.8 Å². The minimum atomic E-state index is 0.295. The highest BCUT2D eigenvalue weighted by Gasteiger charge is 2.27. The molecule has 0 aromatic heterocycles. The lowest BCUT2D eigenvalue weighted by atomic mass is 10.1. The molecule has 1 aliphatic heterocycles. The van der Waals surface area contributed by atoms with Gasteiger partial charge in [-0.2, -0.15) is 0 Å². The Hall–Kier alpha value is -0.870. The van der Waals surface area contributed by atoms with E-state index in [0.29, 0.717) is 18.4 Å². The minimum Gasteiger partial charge on any atom is -0.338 e. The summed E-state index contributed by atoms with van der Waals surface area (Å²) in [6.45, 7) is 3.91. The van der Waals surface area contributed by atoms with Crippen molar-refractivity contribution in [2.75, 3.05) is 20.1 Å². The minimum absolute atomic E-state index is 0.295. The third-order valence-electron chi connectivity index (χ3n) is 3.99. The molecule has 1 heterocycles. The van der Waals surface area contributed by atoms with Crippen LogP contribution in [0.3, 0.4) is 0 Å². The summed E-state index contributed by atoms with van der Waals surface area (Å²) in [5.41, 5.74) is 2.47. The second kappa shape index (κ2) is 7.23. The van der Waals surface area contributed by atoms with Crippen LogP contribution < -0.4 is 5.32 Å². The molecule has 0 bridgehead atoms. The van der Waals surface area contributed by atoms with E-state index in [2.05, 4.69) is 51.3 Å². The number of amides is 1. The van der Waals surface area contributed by atoms with Crippen LogP contribution in [-0.4, -0.2) is 37.0 Å². The van der Waals surface area contributed by atoms with Crippen molar-refractivity contribution >= 4 is 21.8 Å². The molecule has 1 aromatic carbocycles. The summed E-state index contributed by atoms with van der Waals surface area (Å²) in [5, 5.41) is 3.18. The van der Waals surface area contributed by atoms with Crippen LogP contribution in [0.25, 0.3) is 0 Å². The molecule has 1 aliphatic rings. The van der Waals surface area contributed by atoms with Gasteiger partial charge in [-0.05, 0) is 50.4 Å². The van der Waals surface area contributed by atoms with Crippen LogP contribution in [0.5, 0.6) is 0 Å². The fraction of sp³-hybridized carbons (Fsp3) is 0.562. The lowest BCUT2D eigenvalue weighted by molar-refractivity contribution is -0.131. The van der Waals surface area contributed by atoms with Crippen molar-refractivity contribution in [2.45, 2.75) is 38.6 Å². The van der Waals surface area contributed by atoms with Crippen LogP contribution in [0.4, 0.5) is 0 Å². The molecule has 1 aromatic rings. The molecular formula is C16H23BrN2O. The topological polar surface area (TPSA) is 32.3 Å². The summed E-state index contributed by atoms with van der Waals surface area (Å²) in [6.07, 6.45) is 3.70. The molecule has 1 amide bonds. The Bertz CT molecular complexity index is 476. The van der Waals surface area contributed by atoms with E-state index in [1.165, 1.54) is 11.1 Å². The number of likely N-dealkylation sites (N-methyl/N-ethyl adjacent to an activating group) is 1. The molecule has 0 saturated carbocycles. The third kappa shape index (κ3) is 3.83. The van der Waals surface area contributed by atoms with Crippen molar-refractivity contribution in [1.82, 2.24) is 10.2 Å². The molecule has 2 rings (SSSR count). The summed E-state index contributed by atoms with van der Waals surface area (Å²) >= 11 is 3.51. The maximum absolute atomic E-state index is 12.3. The van der Waals surface area contributed by atoms with Gasteiger partial charge >= 0.3 is 0 Å². The molecule has 1 saturated heterocycles. The van der Waals surface area contributed by atoms with Gasteiger partial charge in [-0.25, -0.2) is 0 Å². The van der Waals surface area contributed by atoms with Crippen LogP contribution in [0.2, 0.25) is 0 Å². The molecule has 0 radical (unpaired) electrons. The Morgan fingerprint density at radius 2 is 2.30 bits per heavy atom. The van der Waals surface area contributed by atoms with E-state index in [4.69, 9.17) is 0 Å². The first-order valence-electron chi connectivity index (χ1n) is 7.31. The SMILES string of the molecule is CNC[C@@H]1CCCN1C(=O)CCc1ccc(Br)c(C)c1. The second-order valence-corrected chi connectivity index (χ2v) is 6.38. The summed E-state index contributed by atoms with van der Waals surface area (Å²) in [5.74, 6) is 0.295. The Morgan fingerprint density at radius 3 is 3.00 bits per heavy atom. The molecule has 4 heteroatoms. The van der Waals surface area contributed by atoms with Gasteiger partial charge in [-0.1, -0.05) is 28.1 Å². The van der Waals surface area contributed by atoms with E-state index in [-0.39, 0.29) is 0 Å². The van der Waals surface area contributed by atoms with Crippen molar-refractivity contribution in [3.05, 3.63) is 33.8 Å². The normalized spacial score (nSPS) is 18.6. The Balaban J connectivity index is 1.89. The number of halogens is 1. The molecule has 110 valence electrons. The van der Waals surface area contributed by atoms with E-state index in [9.17, 15) is 4.79 Å². The van der Waals surface area contributed by atoms with Gasteiger partial charge in [0.1, 0.15) is 0 Å². The van der Waals surface area contributed by atoms with Crippen LogP contribution in [-0.2, 0) is 11.2 Å². The van der Waals surface area contributed by atoms with Gasteiger partial charge in [0.25, 0.3) is 0 Å². The number of aryl methyl sites for hydroxylation is 2. The van der Waals surface area contributed by atoms with E-state index in [1.54, 1.807) is 0 Å². The molecule has 0 spiro atoms. The maximum atomic E-state index is 12.3. The maximum Gasteiger partial charge on any atom is 0.223 e. The second-order valence-electron chi connectivity index (χ2n) is 5.52. The zero-order chi connectivity index (χ0) is 14.5. The quantitative estimate of drug-likeness (QED) is 0.895. The Morgan fingerprint density at radius 1 is 1.50 bits per heavy atom. The zero-order valence-electron chi connectivity index (χ0n) is 12.3. The molecule has 3 nitrogen and oxygen atoms in total. The number of hydrogen-bond donors (Lipinski definition) is 1. The highest BCUT2D eigenvalue weighted by molar-refractivity contribution is 9.10. The molecule has 0 unspecified atom stereocenters. The highest BCUT2D eigenvalue weighted by Crippen LogP contribution is 2.20. The highest BCUT2D eigenvalue weighted by atomic mass is 79.9. The molecule has 1 N–H and O–H groups in total. The number of nitrogens with one attached hydrogen (secondary N) is 1. The Kier molecular flexibility index (Phi) is 5.61. The first-order chi connectivity index (χ1) is 9.61. The van der Waals surface area contributed by atoms with Crippen molar-refractivity contribution in [2.24, 2.45) is 0 Å². The van der Waals surface area contributed by atoms with Gasteiger partial charge in [-0.3, -0.25) is 4.79 Å². The molecular weight excluding hydrogens is 316 g/mol. The van der Waals surface area contributed by atoms with Crippen molar-refractivity contribution in [3.8, 4) is 0 Å². The van der Waals surface area contributed by atoms with Crippen molar-refractivity contribution in [3.63, 3.8) is 0 Å². The van der Waals surface area contributed by atoms with E-state index in [1.807, 2.05) is 7.05 Å². The van der Waals surface area contributed by atoms with E-state index >= 15 is 0 Å². The first kappa shape index (κ1) is 15.5. The van der Waals surface area contributed by atoms with Crippen molar-refractivity contribution < 1.29 is 4.79 Å². The number of likely N-dealkylation sites (tertiary alicyclic amines) is 1. The predicted molar refractivity (Wildman–Crippen MR) is 85.9 cm³/mol. The number of carbonyl (C=O) groups is 1. The van der Waals surface area contributed by atoms with Gasteiger partial charge in [-0.15, -0.1) is 0 Å². The predicted octanol–water partition coefficient (Wildman–Crippen LogP) is 2.90. The monoisotopic (exact) mass is 338 g/mol. The fourth-order valence-corrected chi connectivity index (χ4v) is 3.12. The fourth-order valence-electron chi connectivity index (χ4n) is 2.87. The van der Waals surface area contributed by atoms with Crippen LogP contribution >= 0.6 is 15.9 Å². The van der Waals surface area contributed by atoms with Crippen LogP contribution in [0.15, 0.2) is 22.7 Å². The summed E-state index contributed by atoms with van der Waals surface area (Å²) in [4.78, 5) is 14.4. The van der Waals surface area contributed by atoms with E-state index < -0.39 is 0 Å². The van der Waals surface area contributed by atoms with Gasteiger partial charge in [0.15, 0.2) is 0 Å². The number of nitrogens with zero attached hydrogens (tertiary/aromatic N) is 1. The number of rotatable bonds is 5. The Labute approximate surface area is 129 Å². The summed E-state index contributed by atoms with van der Waals surface area (Å²) in [6, 6.07) is 6.71. The standard InChI is InChI=1S/C16H23BrN2O/c1-12-10-13(5-7-15(12)17)6-8-16(20)19-9-3-4-14(19)11-18-2/h5,7,10,14,18H,3-4,6,8-9,11H2,1-2H3/t14-/m0/s1. The molecule has 1 fully saturated rings. The lowest BCUT2D eigenvalue weighted by Gasteiger charge is -2.24. The van der Waals surface area contributed by atoms with Crippen LogP contribution in [0.1, 0.15) is 30.4 Å². The largest absolute Gasteiger partial charge is 0.338 e. The van der Waals surface area contributed by atoms with Gasteiger partial charge < -0.3 is 10.2 Å². The molecule has 20 heavy (non-hydrogen) atoms. The van der Waals surface area contributed by atoms with Gasteiger partial charge in [0.2, 0.25) is 5.91 Å². The molecule has 1 atom stereocenters. The lowest BCUT2D eigenvalue weighted by Crippen LogP contribution is -2.40. The third-order valence-corrected chi connectivity index (χ3v) is 4.88. The van der Waals surface area contributed by atoms with Crippen LogP contribution in [0, 0.1) is 6.92 Å². The summed E-state index contributed by atoms with van der Waals surface area (Å²) < 4.78 is 1.13. The van der Waals surface area contributed by atoms with Gasteiger partial charge in [0.05, 0.1) is 0 Å².